The average Bonchev–Trinajstić information content (AvgIpc) is 2.38. The zero-order valence-corrected chi connectivity index (χ0v) is 10.9. The van der Waals surface area contributed by atoms with Crippen LogP contribution in [0.5, 0.6) is 5.75 Å². The van der Waals surface area contributed by atoms with Crippen LogP contribution in [-0.4, -0.2) is 25.6 Å². The second-order valence-electron chi connectivity index (χ2n) is 4.21. The summed E-state index contributed by atoms with van der Waals surface area (Å²) in [7, 11) is 0. The molecule has 0 atom stereocenters. The van der Waals surface area contributed by atoms with E-state index in [1.807, 2.05) is 31.2 Å². The van der Waals surface area contributed by atoms with Gasteiger partial charge in [-0.3, -0.25) is 4.79 Å². The number of hydrogen-bond acceptors (Lipinski definition) is 3. The first-order valence-corrected chi connectivity index (χ1v) is 6.39. The first-order valence-electron chi connectivity index (χ1n) is 6.39. The highest BCUT2D eigenvalue weighted by Crippen LogP contribution is 2.15. The van der Waals surface area contributed by atoms with Gasteiger partial charge in [-0.05, 0) is 37.9 Å². The van der Waals surface area contributed by atoms with Gasteiger partial charge in [0, 0.05) is 13.0 Å². The third kappa shape index (κ3) is 5.68. The molecule has 18 heavy (non-hydrogen) atoms. The van der Waals surface area contributed by atoms with Gasteiger partial charge in [-0.15, -0.1) is 0 Å². The Hall–Kier alpha value is -1.55. The SMILES string of the molecule is Cc1ccccc1OCCCNC(=O)CCCN. The minimum Gasteiger partial charge on any atom is -0.493 e. The normalized spacial score (nSPS) is 10.1. The summed E-state index contributed by atoms with van der Waals surface area (Å²) < 4.78 is 5.63. The molecule has 0 fully saturated rings. The molecule has 0 aliphatic carbocycles. The van der Waals surface area contributed by atoms with Crippen LogP contribution < -0.4 is 15.8 Å². The van der Waals surface area contributed by atoms with Crippen molar-refractivity contribution in [1.29, 1.82) is 0 Å². The van der Waals surface area contributed by atoms with Crippen molar-refractivity contribution in [3.05, 3.63) is 29.8 Å². The second-order valence-corrected chi connectivity index (χ2v) is 4.21. The van der Waals surface area contributed by atoms with Crippen molar-refractivity contribution in [2.45, 2.75) is 26.2 Å². The summed E-state index contributed by atoms with van der Waals surface area (Å²) in [5.74, 6) is 0.975. The molecule has 1 rings (SSSR count). The smallest absolute Gasteiger partial charge is 0.220 e. The van der Waals surface area contributed by atoms with Crippen LogP contribution in [0.4, 0.5) is 0 Å². The first-order chi connectivity index (χ1) is 8.74. The molecule has 1 amide bonds. The predicted molar refractivity (Wildman–Crippen MR) is 72.6 cm³/mol. The van der Waals surface area contributed by atoms with Crippen LogP contribution in [0.2, 0.25) is 0 Å². The molecule has 100 valence electrons. The summed E-state index contributed by atoms with van der Waals surface area (Å²) in [6.07, 6.45) is 2.06. The quantitative estimate of drug-likeness (QED) is 0.689. The molecule has 0 radical (unpaired) electrons. The Kier molecular flexibility index (Phi) is 6.87. The lowest BCUT2D eigenvalue weighted by molar-refractivity contribution is -0.121. The van der Waals surface area contributed by atoms with Gasteiger partial charge in [-0.2, -0.15) is 0 Å². The number of benzene rings is 1. The number of rotatable bonds is 8. The molecular formula is C14H22N2O2. The maximum Gasteiger partial charge on any atom is 0.220 e. The Morgan fingerprint density at radius 2 is 2.11 bits per heavy atom. The lowest BCUT2D eigenvalue weighted by Gasteiger charge is -2.09. The van der Waals surface area contributed by atoms with Gasteiger partial charge in [0.15, 0.2) is 0 Å². The maximum absolute atomic E-state index is 11.3. The summed E-state index contributed by atoms with van der Waals surface area (Å²) in [5, 5.41) is 2.84. The van der Waals surface area contributed by atoms with Crippen LogP contribution >= 0.6 is 0 Å². The van der Waals surface area contributed by atoms with Gasteiger partial charge in [0.2, 0.25) is 5.91 Å². The fourth-order valence-electron chi connectivity index (χ4n) is 1.55. The number of aryl methyl sites for hydroxylation is 1. The summed E-state index contributed by atoms with van der Waals surface area (Å²) in [6, 6.07) is 7.91. The summed E-state index contributed by atoms with van der Waals surface area (Å²) >= 11 is 0. The average molecular weight is 250 g/mol. The number of nitrogens with two attached hydrogens (primary N) is 1. The van der Waals surface area contributed by atoms with Crippen LogP contribution in [0.3, 0.4) is 0 Å². The fraction of sp³-hybridized carbons (Fsp3) is 0.500. The first kappa shape index (κ1) is 14.5. The van der Waals surface area contributed by atoms with Gasteiger partial charge in [-0.1, -0.05) is 18.2 Å². The number of ether oxygens (including phenoxy) is 1. The van der Waals surface area contributed by atoms with Crippen molar-refractivity contribution in [3.8, 4) is 5.75 Å². The Morgan fingerprint density at radius 3 is 2.83 bits per heavy atom. The number of amides is 1. The largest absolute Gasteiger partial charge is 0.493 e. The molecule has 4 nitrogen and oxygen atoms in total. The Bertz CT molecular complexity index is 367. The minimum atomic E-state index is 0.0661. The molecular weight excluding hydrogens is 228 g/mol. The number of nitrogens with one attached hydrogen (secondary N) is 1. The van der Waals surface area contributed by atoms with E-state index in [-0.39, 0.29) is 5.91 Å². The van der Waals surface area contributed by atoms with Gasteiger partial charge >= 0.3 is 0 Å². The zero-order valence-electron chi connectivity index (χ0n) is 10.9. The van der Waals surface area contributed by atoms with Gasteiger partial charge in [0.1, 0.15) is 5.75 Å². The van der Waals surface area contributed by atoms with E-state index in [1.165, 1.54) is 0 Å². The molecule has 3 N–H and O–H groups in total. The Morgan fingerprint density at radius 1 is 1.33 bits per heavy atom. The molecule has 0 spiro atoms. The van der Waals surface area contributed by atoms with Gasteiger partial charge in [0.25, 0.3) is 0 Å². The lowest BCUT2D eigenvalue weighted by atomic mass is 10.2. The van der Waals surface area contributed by atoms with Crippen LogP contribution in [0.1, 0.15) is 24.8 Å². The van der Waals surface area contributed by atoms with E-state index in [1.54, 1.807) is 0 Å². The molecule has 0 aromatic heterocycles. The van der Waals surface area contributed by atoms with E-state index in [0.29, 0.717) is 26.1 Å². The van der Waals surface area contributed by atoms with Crippen LogP contribution in [0, 0.1) is 6.92 Å². The Labute approximate surface area is 109 Å². The van der Waals surface area contributed by atoms with Crippen LogP contribution in [0.25, 0.3) is 0 Å². The molecule has 0 unspecified atom stereocenters. The van der Waals surface area contributed by atoms with E-state index in [2.05, 4.69) is 5.32 Å². The molecule has 0 saturated heterocycles. The van der Waals surface area contributed by atoms with Crippen molar-refractivity contribution in [2.75, 3.05) is 19.7 Å². The molecule has 1 aromatic carbocycles. The summed E-state index contributed by atoms with van der Waals surface area (Å²) in [5.41, 5.74) is 6.46. The van der Waals surface area contributed by atoms with Gasteiger partial charge in [-0.25, -0.2) is 0 Å². The van der Waals surface area contributed by atoms with Crippen molar-refractivity contribution in [2.24, 2.45) is 5.73 Å². The standard InChI is InChI=1S/C14H22N2O2/c1-12-6-2-3-7-13(12)18-11-5-10-16-14(17)8-4-9-15/h2-3,6-7H,4-5,8-11,15H2,1H3,(H,16,17). The van der Waals surface area contributed by atoms with Crippen molar-refractivity contribution >= 4 is 5.91 Å². The zero-order chi connectivity index (χ0) is 13.2. The molecule has 1 aromatic rings. The molecule has 0 heterocycles. The van der Waals surface area contributed by atoms with E-state index in [9.17, 15) is 4.79 Å². The highest BCUT2D eigenvalue weighted by Gasteiger charge is 2.00. The fourth-order valence-corrected chi connectivity index (χ4v) is 1.55. The van der Waals surface area contributed by atoms with Gasteiger partial charge < -0.3 is 15.8 Å². The molecule has 0 saturated carbocycles. The van der Waals surface area contributed by atoms with Crippen molar-refractivity contribution in [1.82, 2.24) is 5.32 Å². The van der Waals surface area contributed by atoms with E-state index < -0.39 is 0 Å². The highest BCUT2D eigenvalue weighted by atomic mass is 16.5. The predicted octanol–water partition coefficient (Wildman–Crippen LogP) is 1.62. The summed E-state index contributed by atoms with van der Waals surface area (Å²) in [6.45, 7) is 3.84. The topological polar surface area (TPSA) is 64.3 Å². The van der Waals surface area contributed by atoms with E-state index >= 15 is 0 Å². The monoisotopic (exact) mass is 250 g/mol. The molecule has 0 aliphatic heterocycles. The van der Waals surface area contributed by atoms with Crippen LogP contribution in [-0.2, 0) is 4.79 Å². The number of carbonyl (C=O) groups excluding carboxylic acids is 1. The number of carbonyl (C=O) groups is 1. The van der Waals surface area contributed by atoms with Crippen molar-refractivity contribution < 1.29 is 9.53 Å². The number of hydrogen-bond donors (Lipinski definition) is 2. The third-order valence-electron chi connectivity index (χ3n) is 2.60. The van der Waals surface area contributed by atoms with Crippen LogP contribution in [0.15, 0.2) is 24.3 Å². The van der Waals surface area contributed by atoms with Crippen molar-refractivity contribution in [3.63, 3.8) is 0 Å². The second kappa shape index (κ2) is 8.53. The van der Waals surface area contributed by atoms with Gasteiger partial charge in [0.05, 0.1) is 6.61 Å². The molecule has 0 aliphatic rings. The Balaban J connectivity index is 2.09. The van der Waals surface area contributed by atoms with E-state index in [0.717, 1.165) is 24.2 Å². The summed E-state index contributed by atoms with van der Waals surface area (Å²) in [4.78, 5) is 11.3. The lowest BCUT2D eigenvalue weighted by Crippen LogP contribution is -2.25. The highest BCUT2D eigenvalue weighted by molar-refractivity contribution is 5.75. The van der Waals surface area contributed by atoms with E-state index in [4.69, 9.17) is 10.5 Å². The molecule has 4 heteroatoms. The molecule has 0 bridgehead atoms. The maximum atomic E-state index is 11.3. The number of para-hydroxylation sites is 1. The minimum absolute atomic E-state index is 0.0661. The third-order valence-corrected chi connectivity index (χ3v) is 2.60.